The van der Waals surface area contributed by atoms with Crippen LogP contribution >= 0.6 is 0 Å². The standard InChI is InChI=1S/C15H19N3O3/c1-16-9-7-12(19)11-5-6-14(21-4)15(17-11)13(20)8-10-18(2)3/h5-10,16H,1-4H3/b9-7+,10-8+. The van der Waals surface area contributed by atoms with Gasteiger partial charge in [-0.05, 0) is 12.1 Å². The zero-order valence-corrected chi connectivity index (χ0v) is 12.6. The topological polar surface area (TPSA) is 71.5 Å². The molecule has 1 aromatic heterocycles. The van der Waals surface area contributed by atoms with Gasteiger partial charge in [0, 0.05) is 45.7 Å². The number of hydrogen-bond donors (Lipinski definition) is 1. The van der Waals surface area contributed by atoms with Crippen LogP contribution in [0.5, 0.6) is 5.75 Å². The Morgan fingerprint density at radius 2 is 1.95 bits per heavy atom. The average Bonchev–Trinajstić information content (AvgIpc) is 2.49. The van der Waals surface area contributed by atoms with E-state index in [1.54, 1.807) is 38.3 Å². The Hall–Kier alpha value is -2.63. The Morgan fingerprint density at radius 1 is 1.24 bits per heavy atom. The average molecular weight is 289 g/mol. The highest BCUT2D eigenvalue weighted by atomic mass is 16.5. The first-order chi connectivity index (χ1) is 9.99. The van der Waals surface area contributed by atoms with Gasteiger partial charge in [-0.2, -0.15) is 0 Å². The Kier molecular flexibility index (Phi) is 6.13. The van der Waals surface area contributed by atoms with Gasteiger partial charge in [0.2, 0.25) is 11.6 Å². The summed E-state index contributed by atoms with van der Waals surface area (Å²) in [6.07, 6.45) is 5.84. The summed E-state index contributed by atoms with van der Waals surface area (Å²) in [5.74, 6) is -0.289. The van der Waals surface area contributed by atoms with Gasteiger partial charge in [-0.25, -0.2) is 4.98 Å². The van der Waals surface area contributed by atoms with Gasteiger partial charge in [0.15, 0.2) is 5.69 Å². The lowest BCUT2D eigenvalue weighted by Gasteiger charge is -2.07. The second kappa shape index (κ2) is 7.84. The fourth-order valence-corrected chi connectivity index (χ4v) is 1.46. The van der Waals surface area contributed by atoms with E-state index in [4.69, 9.17) is 4.74 Å². The molecule has 0 radical (unpaired) electrons. The molecule has 0 saturated heterocycles. The quantitative estimate of drug-likeness (QED) is 0.602. The lowest BCUT2D eigenvalue weighted by atomic mass is 10.1. The number of aromatic nitrogens is 1. The molecule has 1 rings (SSSR count). The van der Waals surface area contributed by atoms with Crippen molar-refractivity contribution in [3.8, 4) is 5.75 Å². The van der Waals surface area contributed by atoms with Gasteiger partial charge >= 0.3 is 0 Å². The van der Waals surface area contributed by atoms with Crippen molar-refractivity contribution in [3.05, 3.63) is 48.1 Å². The third-order valence-electron chi connectivity index (χ3n) is 2.49. The summed E-state index contributed by atoms with van der Waals surface area (Å²) < 4.78 is 5.12. The number of nitrogens with zero attached hydrogens (tertiary/aromatic N) is 2. The van der Waals surface area contributed by atoms with Crippen LogP contribution in [-0.4, -0.2) is 49.7 Å². The van der Waals surface area contributed by atoms with Gasteiger partial charge in [0.1, 0.15) is 11.4 Å². The minimum Gasteiger partial charge on any atom is -0.494 e. The first-order valence-electron chi connectivity index (χ1n) is 6.31. The van der Waals surface area contributed by atoms with Crippen molar-refractivity contribution >= 4 is 11.6 Å². The molecule has 1 aromatic rings. The van der Waals surface area contributed by atoms with Crippen molar-refractivity contribution in [2.24, 2.45) is 0 Å². The van der Waals surface area contributed by atoms with Gasteiger partial charge < -0.3 is 15.0 Å². The van der Waals surface area contributed by atoms with E-state index in [0.717, 1.165) is 0 Å². The van der Waals surface area contributed by atoms with E-state index in [0.29, 0.717) is 5.75 Å². The van der Waals surface area contributed by atoms with E-state index in [2.05, 4.69) is 10.3 Å². The summed E-state index contributed by atoms with van der Waals surface area (Å²) in [4.78, 5) is 29.8. The van der Waals surface area contributed by atoms with E-state index in [1.807, 2.05) is 0 Å². The van der Waals surface area contributed by atoms with Gasteiger partial charge in [-0.3, -0.25) is 9.59 Å². The minimum absolute atomic E-state index is 0.110. The fourth-order valence-electron chi connectivity index (χ4n) is 1.46. The highest BCUT2D eigenvalue weighted by Crippen LogP contribution is 2.18. The maximum Gasteiger partial charge on any atom is 0.209 e. The van der Waals surface area contributed by atoms with Crippen LogP contribution in [0, 0.1) is 0 Å². The van der Waals surface area contributed by atoms with Gasteiger partial charge in [0.25, 0.3) is 0 Å². The zero-order valence-electron chi connectivity index (χ0n) is 12.6. The van der Waals surface area contributed by atoms with Crippen LogP contribution in [0.3, 0.4) is 0 Å². The van der Waals surface area contributed by atoms with Crippen LogP contribution < -0.4 is 10.1 Å². The van der Waals surface area contributed by atoms with Gasteiger partial charge in [-0.1, -0.05) is 0 Å². The number of allylic oxidation sites excluding steroid dienone is 2. The predicted molar refractivity (Wildman–Crippen MR) is 80.5 cm³/mol. The third kappa shape index (κ3) is 4.76. The molecule has 0 unspecified atom stereocenters. The molecule has 6 heteroatoms. The van der Waals surface area contributed by atoms with Crippen molar-refractivity contribution in [2.75, 3.05) is 28.3 Å². The Labute approximate surface area is 124 Å². The number of ether oxygens (including phenoxy) is 1. The monoisotopic (exact) mass is 289 g/mol. The second-order valence-corrected chi connectivity index (χ2v) is 4.38. The number of rotatable bonds is 7. The van der Waals surface area contributed by atoms with Crippen molar-refractivity contribution < 1.29 is 14.3 Å². The summed E-state index contributed by atoms with van der Waals surface area (Å²) in [5.41, 5.74) is 0.295. The molecular formula is C15H19N3O3. The summed E-state index contributed by atoms with van der Waals surface area (Å²) in [6, 6.07) is 3.08. The number of carbonyl (C=O) groups excluding carboxylic acids is 2. The molecular weight excluding hydrogens is 270 g/mol. The van der Waals surface area contributed by atoms with E-state index < -0.39 is 0 Å². The Morgan fingerprint density at radius 3 is 2.52 bits per heavy atom. The lowest BCUT2D eigenvalue weighted by Crippen LogP contribution is -2.09. The highest BCUT2D eigenvalue weighted by Gasteiger charge is 2.15. The molecule has 0 fully saturated rings. The molecule has 0 spiro atoms. The van der Waals surface area contributed by atoms with Crippen molar-refractivity contribution in [1.82, 2.24) is 15.2 Å². The molecule has 0 bridgehead atoms. The molecule has 1 N–H and O–H groups in total. The normalized spacial score (nSPS) is 10.9. The van der Waals surface area contributed by atoms with Crippen molar-refractivity contribution in [2.45, 2.75) is 0 Å². The lowest BCUT2D eigenvalue weighted by molar-refractivity contribution is 0.103. The van der Waals surface area contributed by atoms with Crippen LogP contribution in [0.4, 0.5) is 0 Å². The summed E-state index contributed by atoms with van der Waals surface area (Å²) in [5, 5.41) is 2.72. The molecule has 112 valence electrons. The predicted octanol–water partition coefficient (Wildman–Crippen LogP) is 1.26. The summed E-state index contributed by atoms with van der Waals surface area (Å²) in [7, 11) is 6.74. The molecule has 0 aromatic carbocycles. The third-order valence-corrected chi connectivity index (χ3v) is 2.49. The molecule has 0 aliphatic carbocycles. The van der Waals surface area contributed by atoms with Gasteiger partial charge in [0.05, 0.1) is 7.11 Å². The Bertz CT molecular complexity index is 578. The largest absolute Gasteiger partial charge is 0.494 e. The van der Waals surface area contributed by atoms with Crippen LogP contribution in [0.15, 0.2) is 36.7 Å². The molecule has 1 heterocycles. The summed E-state index contributed by atoms with van der Waals surface area (Å²) in [6.45, 7) is 0. The Balaban J connectivity index is 3.14. The molecule has 0 atom stereocenters. The smallest absolute Gasteiger partial charge is 0.209 e. The van der Waals surface area contributed by atoms with Crippen molar-refractivity contribution in [3.63, 3.8) is 0 Å². The maximum absolute atomic E-state index is 12.1. The molecule has 0 aliphatic rings. The number of ketones is 2. The molecule has 0 aliphatic heterocycles. The highest BCUT2D eigenvalue weighted by molar-refractivity contribution is 6.07. The first-order valence-corrected chi connectivity index (χ1v) is 6.31. The summed E-state index contributed by atoms with van der Waals surface area (Å²) >= 11 is 0. The molecule has 6 nitrogen and oxygen atoms in total. The van der Waals surface area contributed by atoms with Crippen LogP contribution in [0.25, 0.3) is 0 Å². The van der Waals surface area contributed by atoms with Crippen molar-refractivity contribution in [1.29, 1.82) is 0 Å². The fraction of sp³-hybridized carbons (Fsp3) is 0.267. The SMILES string of the molecule is CN/C=C/C(=O)c1ccc(OC)c(C(=O)/C=C/N(C)C)n1. The van der Waals surface area contributed by atoms with E-state index in [1.165, 1.54) is 31.5 Å². The number of methoxy groups -OCH3 is 1. The molecule has 21 heavy (non-hydrogen) atoms. The number of pyridine rings is 1. The minimum atomic E-state index is -0.326. The van der Waals surface area contributed by atoms with E-state index in [-0.39, 0.29) is 23.0 Å². The second-order valence-electron chi connectivity index (χ2n) is 4.38. The van der Waals surface area contributed by atoms with E-state index >= 15 is 0 Å². The van der Waals surface area contributed by atoms with Gasteiger partial charge in [-0.15, -0.1) is 0 Å². The van der Waals surface area contributed by atoms with Crippen LogP contribution in [0.2, 0.25) is 0 Å². The number of carbonyl (C=O) groups is 2. The number of hydrogen-bond acceptors (Lipinski definition) is 6. The van der Waals surface area contributed by atoms with Crippen LogP contribution in [-0.2, 0) is 0 Å². The number of nitrogens with one attached hydrogen (secondary N) is 1. The molecule has 0 amide bonds. The maximum atomic E-state index is 12.1. The van der Waals surface area contributed by atoms with Crippen LogP contribution in [0.1, 0.15) is 21.0 Å². The van der Waals surface area contributed by atoms with E-state index in [9.17, 15) is 9.59 Å². The zero-order chi connectivity index (χ0) is 15.8. The molecule has 0 saturated carbocycles. The first kappa shape index (κ1) is 16.4.